The minimum atomic E-state index is -0.125. The Hall–Kier alpha value is -1.07. The van der Waals surface area contributed by atoms with Gasteiger partial charge in [-0.3, -0.25) is 9.59 Å². The molecule has 0 aromatic carbocycles. The van der Waals surface area contributed by atoms with Crippen LogP contribution in [0.3, 0.4) is 0 Å². The molecular formula is C10H16O5Ti. The number of hydrogen-bond acceptors (Lipinski definition) is 5. The van der Waals surface area contributed by atoms with Crippen molar-refractivity contribution in [2.75, 3.05) is 0 Å². The summed E-state index contributed by atoms with van der Waals surface area (Å²) in [5, 5.41) is 16.7. The van der Waals surface area contributed by atoms with E-state index in [9.17, 15) is 9.59 Å². The van der Waals surface area contributed by atoms with Crippen LogP contribution < -0.4 is 0 Å². The van der Waals surface area contributed by atoms with Crippen molar-refractivity contribution in [3.8, 4) is 0 Å². The van der Waals surface area contributed by atoms with Gasteiger partial charge >= 0.3 is 23.7 Å². The third-order valence-electron chi connectivity index (χ3n) is 0.824. The topological polar surface area (TPSA) is 91.7 Å². The molecule has 0 bridgehead atoms. The Morgan fingerprint density at radius 3 is 1.00 bits per heavy atom. The van der Waals surface area contributed by atoms with Crippen LogP contribution in [0.5, 0.6) is 0 Å². The molecule has 0 aliphatic rings. The fraction of sp³-hybridized carbons (Fsp3) is 0.400. The van der Waals surface area contributed by atoms with E-state index in [-0.39, 0.29) is 23.1 Å². The fourth-order valence-electron chi connectivity index (χ4n) is 0.588. The third kappa shape index (κ3) is 38.3. The molecule has 0 saturated heterocycles. The van der Waals surface area contributed by atoms with Crippen molar-refractivity contribution >= 4 is 11.6 Å². The van der Waals surface area contributed by atoms with Crippen LogP contribution in [-0.4, -0.2) is 21.8 Å². The Morgan fingerprint density at radius 1 is 0.812 bits per heavy atom. The summed E-state index contributed by atoms with van der Waals surface area (Å²) in [6.07, 6.45) is 2.33. The van der Waals surface area contributed by atoms with Crippen molar-refractivity contribution in [1.82, 2.24) is 0 Å². The van der Waals surface area contributed by atoms with Gasteiger partial charge in [0.15, 0.2) is 11.6 Å². The average molecular weight is 264 g/mol. The van der Waals surface area contributed by atoms with Gasteiger partial charge in [-0.25, -0.2) is 0 Å². The van der Waals surface area contributed by atoms with Crippen molar-refractivity contribution in [1.29, 1.82) is 0 Å². The summed E-state index contributed by atoms with van der Waals surface area (Å²) in [6, 6.07) is 0. The van der Waals surface area contributed by atoms with Crippen LogP contribution >= 0.6 is 0 Å². The Labute approximate surface area is 107 Å². The van der Waals surface area contributed by atoms with Crippen molar-refractivity contribution < 1.29 is 43.5 Å². The molecule has 0 aliphatic carbocycles. The number of aliphatic hydroxyl groups excluding tert-OH is 2. The summed E-state index contributed by atoms with van der Waals surface area (Å²) in [6.45, 7) is 5.70. The second kappa shape index (κ2) is 13.9. The zero-order valence-corrected chi connectivity index (χ0v) is 11.3. The van der Waals surface area contributed by atoms with Crippen LogP contribution in [0.15, 0.2) is 23.7 Å². The maximum absolute atomic E-state index is 10.0. The first-order valence-corrected chi connectivity index (χ1v) is 4.85. The number of aliphatic hydroxyl groups is 2. The molecule has 16 heavy (non-hydrogen) atoms. The zero-order chi connectivity index (χ0) is 13.7. The molecule has 0 aromatic rings. The van der Waals surface area contributed by atoms with E-state index >= 15 is 0 Å². The van der Waals surface area contributed by atoms with E-state index in [1.807, 2.05) is 0 Å². The van der Waals surface area contributed by atoms with E-state index in [0.717, 1.165) is 20.4 Å². The standard InChI is InChI=1S/2C5H8O2.O.Ti/c2*1-4(6)3-5(2)7;;/h2*3,6H,1-2H3;;/b2*4-3+;;. The molecule has 0 fully saturated rings. The van der Waals surface area contributed by atoms with Crippen LogP contribution in [0.2, 0.25) is 0 Å². The number of hydrogen-bond donors (Lipinski definition) is 2. The molecule has 0 atom stereocenters. The monoisotopic (exact) mass is 264 g/mol. The first-order valence-electron chi connectivity index (χ1n) is 4.21. The number of ketones is 2. The average Bonchev–Trinajstić information content (AvgIpc) is 2.03. The molecule has 0 saturated carbocycles. The quantitative estimate of drug-likeness (QED) is 0.452. The number of allylic oxidation sites excluding steroid dienone is 4. The maximum atomic E-state index is 10.0. The first kappa shape index (κ1) is 20.4. The molecule has 0 unspecified atom stereocenters. The molecule has 0 amide bonds. The van der Waals surface area contributed by atoms with Gasteiger partial charge in [-0.1, -0.05) is 0 Å². The summed E-state index contributed by atoms with van der Waals surface area (Å²) < 4.78 is 8.25. The number of rotatable bonds is 2. The normalized spacial score (nSPS) is 10.2. The minimum absolute atomic E-state index is 0.0625. The summed E-state index contributed by atoms with van der Waals surface area (Å²) in [4.78, 5) is 20.0. The van der Waals surface area contributed by atoms with Gasteiger partial charge < -0.3 is 10.2 Å². The van der Waals surface area contributed by atoms with Gasteiger partial charge in [-0.15, -0.1) is 0 Å². The van der Waals surface area contributed by atoms with E-state index in [2.05, 4.69) is 0 Å². The van der Waals surface area contributed by atoms with Crippen molar-refractivity contribution in [2.24, 2.45) is 0 Å². The molecule has 0 radical (unpaired) electrons. The number of carbonyl (C=O) groups is 2. The molecule has 0 rings (SSSR count). The first-order chi connectivity index (χ1) is 7.25. The van der Waals surface area contributed by atoms with Crippen LogP contribution in [0.4, 0.5) is 0 Å². The molecular weight excluding hydrogens is 248 g/mol. The molecule has 0 heterocycles. The summed E-state index contributed by atoms with van der Waals surface area (Å²) in [5.74, 6) is -0.125. The van der Waals surface area contributed by atoms with Crippen molar-refractivity contribution in [3.05, 3.63) is 23.7 Å². The predicted molar refractivity (Wildman–Crippen MR) is 54.8 cm³/mol. The summed E-state index contributed by atoms with van der Waals surface area (Å²) >= 11 is 0.750. The predicted octanol–water partition coefficient (Wildman–Crippen LogP) is 1.95. The molecule has 0 aromatic heterocycles. The SMILES string of the molecule is CC(=O)/C=C(\C)O.CC(=O)/C=C(\C)O.[O]=[Ti]. The van der Waals surface area contributed by atoms with Gasteiger partial charge in [-0.2, -0.15) is 0 Å². The van der Waals surface area contributed by atoms with Gasteiger partial charge in [0.05, 0.1) is 11.5 Å². The second-order valence-corrected chi connectivity index (χ2v) is 2.79. The van der Waals surface area contributed by atoms with Crippen LogP contribution in [0.1, 0.15) is 27.7 Å². The van der Waals surface area contributed by atoms with Gasteiger partial charge in [0.1, 0.15) is 0 Å². The Kier molecular flexibility index (Phi) is 17.7. The summed E-state index contributed by atoms with van der Waals surface area (Å²) in [7, 11) is 0. The molecule has 0 aliphatic heterocycles. The van der Waals surface area contributed by atoms with E-state index in [4.69, 9.17) is 13.5 Å². The van der Waals surface area contributed by atoms with E-state index < -0.39 is 0 Å². The molecule has 90 valence electrons. The van der Waals surface area contributed by atoms with Crippen LogP contribution in [0, 0.1) is 0 Å². The van der Waals surface area contributed by atoms with Gasteiger partial charge in [0, 0.05) is 12.2 Å². The summed E-state index contributed by atoms with van der Waals surface area (Å²) in [5.41, 5.74) is 0. The fourth-order valence-corrected chi connectivity index (χ4v) is 0.588. The van der Waals surface area contributed by atoms with Gasteiger partial charge in [-0.05, 0) is 27.7 Å². The zero-order valence-electron chi connectivity index (χ0n) is 9.77. The van der Waals surface area contributed by atoms with E-state index in [1.54, 1.807) is 0 Å². The van der Waals surface area contributed by atoms with Gasteiger partial charge in [0.25, 0.3) is 0 Å². The molecule has 6 heteroatoms. The van der Waals surface area contributed by atoms with E-state index in [1.165, 1.54) is 39.8 Å². The Bertz CT molecular complexity index is 245. The second-order valence-electron chi connectivity index (χ2n) is 2.79. The Morgan fingerprint density at radius 2 is 1.00 bits per heavy atom. The molecule has 0 spiro atoms. The molecule has 2 N–H and O–H groups in total. The Balaban J connectivity index is -0.000000183. The van der Waals surface area contributed by atoms with E-state index in [0.29, 0.717) is 0 Å². The number of carbonyl (C=O) groups excluding carboxylic acids is 2. The molecule has 5 nitrogen and oxygen atoms in total. The van der Waals surface area contributed by atoms with Crippen LogP contribution in [-0.2, 0) is 33.3 Å². The third-order valence-corrected chi connectivity index (χ3v) is 0.824. The van der Waals surface area contributed by atoms with Crippen molar-refractivity contribution in [2.45, 2.75) is 27.7 Å². The van der Waals surface area contributed by atoms with Gasteiger partial charge in [0.2, 0.25) is 0 Å². The van der Waals surface area contributed by atoms with Crippen LogP contribution in [0.25, 0.3) is 0 Å². The van der Waals surface area contributed by atoms with Crippen molar-refractivity contribution in [3.63, 3.8) is 0 Å².